The summed E-state index contributed by atoms with van der Waals surface area (Å²) >= 11 is 10.3. The largest absolute Gasteiger partial charge is 0.481 e. The summed E-state index contributed by atoms with van der Waals surface area (Å²) in [5.41, 5.74) is 2.12. The van der Waals surface area contributed by atoms with Gasteiger partial charge in [0.25, 0.3) is 11.8 Å². The van der Waals surface area contributed by atoms with Gasteiger partial charge in [0.15, 0.2) is 0 Å². The van der Waals surface area contributed by atoms with Crippen molar-refractivity contribution in [2.24, 2.45) is 0 Å². The number of thioether (sulfide) groups is 1. The van der Waals surface area contributed by atoms with Crippen molar-refractivity contribution >= 4 is 73.3 Å². The molecule has 0 bridgehead atoms. The van der Waals surface area contributed by atoms with Crippen molar-refractivity contribution in [3.05, 3.63) is 33.1 Å². The number of hydrogen-bond acceptors (Lipinski definition) is 5. The second-order valence-electron chi connectivity index (χ2n) is 8.97. The Labute approximate surface area is 225 Å². The average molecular weight is 582 g/mol. The molecule has 1 fully saturated rings. The van der Waals surface area contributed by atoms with Gasteiger partial charge >= 0.3 is 5.97 Å². The van der Waals surface area contributed by atoms with Crippen molar-refractivity contribution in [2.45, 2.75) is 77.6 Å². The number of carbonyl (C=O) groups excluding carboxylic acids is 2. The van der Waals surface area contributed by atoms with Crippen LogP contribution in [0.25, 0.3) is 5.57 Å². The summed E-state index contributed by atoms with van der Waals surface area (Å²) < 4.78 is 1.39. The maximum absolute atomic E-state index is 13.4. The molecule has 1 aromatic carbocycles. The number of halogens is 1. The fourth-order valence-electron chi connectivity index (χ4n) is 4.41. The van der Waals surface area contributed by atoms with Crippen LogP contribution in [0, 0.1) is 0 Å². The molecule has 2 amide bonds. The van der Waals surface area contributed by atoms with Crippen LogP contribution in [0.4, 0.5) is 5.69 Å². The third-order valence-corrected chi connectivity index (χ3v) is 8.25. The number of hydrogen-bond donors (Lipinski definition) is 1. The van der Waals surface area contributed by atoms with Crippen molar-refractivity contribution in [3.8, 4) is 0 Å². The molecule has 2 aliphatic rings. The van der Waals surface area contributed by atoms with Crippen molar-refractivity contribution in [1.82, 2.24) is 4.90 Å². The Morgan fingerprint density at radius 1 is 0.943 bits per heavy atom. The lowest BCUT2D eigenvalue weighted by atomic mass is 10.1. The number of amides is 2. The van der Waals surface area contributed by atoms with Gasteiger partial charge < -0.3 is 10.0 Å². The third kappa shape index (κ3) is 7.17. The molecule has 2 heterocycles. The van der Waals surface area contributed by atoms with Gasteiger partial charge in [-0.3, -0.25) is 19.3 Å². The molecule has 190 valence electrons. The van der Waals surface area contributed by atoms with E-state index in [0.717, 1.165) is 79.9 Å². The van der Waals surface area contributed by atoms with Gasteiger partial charge in [0.1, 0.15) is 4.32 Å². The van der Waals surface area contributed by atoms with E-state index in [1.807, 2.05) is 18.2 Å². The lowest BCUT2D eigenvalue weighted by Gasteiger charge is -2.16. The third-order valence-electron chi connectivity index (χ3n) is 6.31. The summed E-state index contributed by atoms with van der Waals surface area (Å²) in [6.07, 6.45) is 10.1. The quantitative estimate of drug-likeness (QED) is 0.149. The van der Waals surface area contributed by atoms with E-state index in [1.54, 1.807) is 9.80 Å². The van der Waals surface area contributed by atoms with Crippen LogP contribution in [0.3, 0.4) is 0 Å². The minimum atomic E-state index is -0.723. The lowest BCUT2D eigenvalue weighted by molar-refractivity contribution is -0.137. The molecule has 0 atom stereocenters. The lowest BCUT2D eigenvalue weighted by Crippen LogP contribution is -2.30. The number of nitrogens with zero attached hydrogens (tertiary/aromatic N) is 2. The fourth-order valence-corrected chi connectivity index (χ4v) is 6.15. The van der Waals surface area contributed by atoms with Crippen molar-refractivity contribution < 1.29 is 19.5 Å². The number of carboxylic acids is 1. The van der Waals surface area contributed by atoms with E-state index in [9.17, 15) is 14.4 Å². The summed E-state index contributed by atoms with van der Waals surface area (Å²) in [5, 5.41) is 8.67. The first kappa shape index (κ1) is 27.9. The normalized spacial score (nSPS) is 17.6. The molecule has 2 aliphatic heterocycles. The number of fused-ring (bicyclic) bond motifs is 1. The standard InChI is InChI=1S/C26H33BrN2O4S2/c1-2-3-15-28-20-14-13-18(27)17-19(20)22(24(28)32)23-25(33)29(26(34)35-23)16-11-9-7-5-4-6-8-10-12-21(30)31/h13-14,17H,2-12,15-16H2,1H3,(H,30,31). The Hall–Kier alpha value is -1.71. The molecular weight excluding hydrogens is 548 g/mol. The van der Waals surface area contributed by atoms with Crippen LogP contribution in [0.15, 0.2) is 27.6 Å². The predicted molar refractivity (Wildman–Crippen MR) is 149 cm³/mol. The molecule has 9 heteroatoms. The van der Waals surface area contributed by atoms with Gasteiger partial charge in [0.2, 0.25) is 0 Å². The highest BCUT2D eigenvalue weighted by atomic mass is 79.9. The Balaban J connectivity index is 1.56. The van der Waals surface area contributed by atoms with Crippen LogP contribution in [0.2, 0.25) is 0 Å². The molecule has 1 N–H and O–H groups in total. The van der Waals surface area contributed by atoms with Crippen LogP contribution in [0.1, 0.15) is 83.1 Å². The monoisotopic (exact) mass is 580 g/mol. The fraction of sp³-hybridized carbons (Fsp3) is 0.538. The first-order chi connectivity index (χ1) is 16.8. The van der Waals surface area contributed by atoms with Crippen LogP contribution in [0.5, 0.6) is 0 Å². The highest BCUT2D eigenvalue weighted by molar-refractivity contribution is 9.10. The predicted octanol–water partition coefficient (Wildman–Crippen LogP) is 6.76. The van der Waals surface area contributed by atoms with Crippen molar-refractivity contribution in [3.63, 3.8) is 0 Å². The average Bonchev–Trinajstić information content (AvgIpc) is 3.24. The molecular formula is C26H33BrN2O4S2. The maximum atomic E-state index is 13.4. The minimum absolute atomic E-state index is 0.115. The second-order valence-corrected chi connectivity index (χ2v) is 11.5. The van der Waals surface area contributed by atoms with E-state index in [4.69, 9.17) is 17.3 Å². The van der Waals surface area contributed by atoms with Crippen molar-refractivity contribution in [1.29, 1.82) is 0 Å². The number of carbonyl (C=O) groups is 3. The van der Waals surface area contributed by atoms with Crippen LogP contribution in [-0.2, 0) is 14.4 Å². The maximum Gasteiger partial charge on any atom is 0.303 e. The number of unbranched alkanes of at least 4 members (excludes halogenated alkanes) is 8. The van der Waals surface area contributed by atoms with Crippen LogP contribution < -0.4 is 4.90 Å². The smallest absolute Gasteiger partial charge is 0.303 e. The first-order valence-electron chi connectivity index (χ1n) is 12.5. The SMILES string of the molecule is CCCCN1C(=O)C(=C2SC(=S)N(CCCCCCCCCCC(=O)O)C2=O)c2cc(Br)ccc21. The Morgan fingerprint density at radius 3 is 2.23 bits per heavy atom. The summed E-state index contributed by atoms with van der Waals surface area (Å²) in [5.74, 6) is -1.00. The zero-order valence-electron chi connectivity index (χ0n) is 20.2. The summed E-state index contributed by atoms with van der Waals surface area (Å²) in [6, 6.07) is 5.78. The van der Waals surface area contributed by atoms with E-state index in [0.29, 0.717) is 27.9 Å². The summed E-state index contributed by atoms with van der Waals surface area (Å²) in [7, 11) is 0. The number of carboxylic acid groups (broad SMARTS) is 1. The van der Waals surface area contributed by atoms with Gasteiger partial charge in [0, 0.05) is 29.5 Å². The number of anilines is 1. The molecule has 0 unspecified atom stereocenters. The Bertz CT molecular complexity index is 1010. The van der Waals surface area contributed by atoms with E-state index < -0.39 is 5.97 Å². The van der Waals surface area contributed by atoms with Gasteiger partial charge in [-0.1, -0.05) is 91.8 Å². The first-order valence-corrected chi connectivity index (χ1v) is 14.5. The molecule has 35 heavy (non-hydrogen) atoms. The van der Waals surface area contributed by atoms with E-state index in [-0.39, 0.29) is 18.2 Å². The molecule has 3 rings (SSSR count). The number of benzene rings is 1. The molecule has 1 saturated heterocycles. The molecule has 6 nitrogen and oxygen atoms in total. The van der Waals surface area contributed by atoms with Gasteiger partial charge in [-0.05, 0) is 37.5 Å². The topological polar surface area (TPSA) is 77.9 Å². The highest BCUT2D eigenvalue weighted by Gasteiger charge is 2.41. The number of aliphatic carboxylic acids is 1. The molecule has 0 aliphatic carbocycles. The molecule has 0 aromatic heterocycles. The molecule has 1 aromatic rings. The van der Waals surface area contributed by atoms with Gasteiger partial charge in [-0.2, -0.15) is 0 Å². The van der Waals surface area contributed by atoms with Crippen LogP contribution >= 0.6 is 39.9 Å². The zero-order chi connectivity index (χ0) is 25.4. The van der Waals surface area contributed by atoms with E-state index in [1.165, 1.54) is 11.8 Å². The Kier molecular flexibility index (Phi) is 10.8. The minimum Gasteiger partial charge on any atom is -0.481 e. The number of rotatable bonds is 14. The van der Waals surface area contributed by atoms with Crippen LogP contribution in [-0.4, -0.2) is 45.2 Å². The second kappa shape index (κ2) is 13.6. The van der Waals surface area contributed by atoms with Gasteiger partial charge in [-0.15, -0.1) is 0 Å². The summed E-state index contributed by atoms with van der Waals surface area (Å²) in [6.45, 7) is 3.30. The van der Waals surface area contributed by atoms with E-state index >= 15 is 0 Å². The molecule has 0 spiro atoms. The Morgan fingerprint density at radius 2 is 1.57 bits per heavy atom. The zero-order valence-corrected chi connectivity index (χ0v) is 23.4. The van der Waals surface area contributed by atoms with Gasteiger partial charge in [0.05, 0.1) is 16.2 Å². The van der Waals surface area contributed by atoms with Gasteiger partial charge in [-0.25, -0.2) is 0 Å². The summed E-state index contributed by atoms with van der Waals surface area (Å²) in [4.78, 5) is 41.1. The van der Waals surface area contributed by atoms with E-state index in [2.05, 4.69) is 22.9 Å². The molecule has 0 saturated carbocycles. The molecule has 0 radical (unpaired) electrons. The van der Waals surface area contributed by atoms with Crippen molar-refractivity contribution in [2.75, 3.05) is 18.0 Å². The number of thiocarbonyl (C=S) groups is 1. The highest BCUT2D eigenvalue weighted by Crippen LogP contribution is 2.45.